The number of halogens is 1. The molecule has 0 spiro atoms. The number of methoxy groups -OCH3 is 1. The van der Waals surface area contributed by atoms with Gasteiger partial charge in [-0.25, -0.2) is 4.39 Å². The van der Waals surface area contributed by atoms with Crippen molar-refractivity contribution < 1.29 is 13.9 Å². The molecule has 0 saturated heterocycles. The lowest BCUT2D eigenvalue weighted by Crippen LogP contribution is -2.12. The van der Waals surface area contributed by atoms with Crippen molar-refractivity contribution in [2.75, 3.05) is 25.6 Å². The average Bonchev–Trinajstić information content (AvgIpc) is 2.45. The molecule has 0 radical (unpaired) electrons. The first-order valence-electron chi connectivity index (χ1n) is 6.05. The van der Waals surface area contributed by atoms with Gasteiger partial charge < -0.3 is 14.8 Å². The molecule has 4 heteroatoms. The molecule has 19 heavy (non-hydrogen) atoms. The Morgan fingerprint density at radius 1 is 1.00 bits per heavy atom. The van der Waals surface area contributed by atoms with Crippen LogP contribution in [0.25, 0.3) is 0 Å². The normalized spacial score (nSPS) is 10.0. The zero-order valence-electron chi connectivity index (χ0n) is 10.7. The van der Waals surface area contributed by atoms with E-state index in [1.54, 1.807) is 25.3 Å². The third-order valence-electron chi connectivity index (χ3n) is 2.62. The molecule has 100 valence electrons. The van der Waals surface area contributed by atoms with E-state index in [1.165, 1.54) is 6.07 Å². The molecule has 0 unspecified atom stereocenters. The van der Waals surface area contributed by atoms with Crippen LogP contribution in [0.2, 0.25) is 0 Å². The maximum atomic E-state index is 13.3. The highest BCUT2D eigenvalue weighted by Crippen LogP contribution is 2.25. The monoisotopic (exact) mass is 261 g/mol. The van der Waals surface area contributed by atoms with Crippen LogP contribution in [0.15, 0.2) is 48.5 Å². The first-order valence-corrected chi connectivity index (χ1v) is 6.05. The van der Waals surface area contributed by atoms with E-state index in [0.29, 0.717) is 30.3 Å². The predicted molar refractivity (Wildman–Crippen MR) is 73.4 cm³/mol. The van der Waals surface area contributed by atoms with Crippen molar-refractivity contribution >= 4 is 5.69 Å². The van der Waals surface area contributed by atoms with Gasteiger partial charge in [-0.1, -0.05) is 24.3 Å². The summed E-state index contributed by atoms with van der Waals surface area (Å²) in [6.07, 6.45) is 0. The molecule has 0 atom stereocenters. The van der Waals surface area contributed by atoms with E-state index in [4.69, 9.17) is 9.47 Å². The minimum Gasteiger partial charge on any atom is -0.493 e. The van der Waals surface area contributed by atoms with Crippen LogP contribution < -0.4 is 14.8 Å². The van der Waals surface area contributed by atoms with E-state index >= 15 is 0 Å². The molecule has 2 rings (SSSR count). The minimum absolute atomic E-state index is 0.264. The minimum atomic E-state index is -0.264. The van der Waals surface area contributed by atoms with E-state index in [0.717, 1.165) is 0 Å². The predicted octanol–water partition coefficient (Wildman–Crippen LogP) is 3.33. The van der Waals surface area contributed by atoms with E-state index in [2.05, 4.69) is 5.32 Å². The zero-order chi connectivity index (χ0) is 13.5. The molecule has 0 heterocycles. The molecule has 0 saturated carbocycles. The molecule has 0 fully saturated rings. The second-order valence-electron chi connectivity index (χ2n) is 3.91. The molecule has 0 aliphatic rings. The van der Waals surface area contributed by atoms with Crippen LogP contribution in [0.3, 0.4) is 0 Å². The molecule has 0 amide bonds. The van der Waals surface area contributed by atoms with Crippen LogP contribution in [0.5, 0.6) is 11.5 Å². The lowest BCUT2D eigenvalue weighted by Gasteiger charge is -2.11. The van der Waals surface area contributed by atoms with Gasteiger partial charge in [0.2, 0.25) is 0 Å². The van der Waals surface area contributed by atoms with Gasteiger partial charge >= 0.3 is 0 Å². The molecule has 0 aliphatic heterocycles. The number of anilines is 1. The summed E-state index contributed by atoms with van der Waals surface area (Å²) in [7, 11) is 1.60. The molecule has 0 aromatic heterocycles. The molecule has 2 aromatic rings. The van der Waals surface area contributed by atoms with Crippen molar-refractivity contribution in [1.29, 1.82) is 0 Å². The number of nitrogens with one attached hydrogen (secondary N) is 1. The molecule has 0 aliphatic carbocycles. The lowest BCUT2D eigenvalue weighted by atomic mass is 10.3. The third kappa shape index (κ3) is 3.61. The van der Waals surface area contributed by atoms with Crippen molar-refractivity contribution in [3.05, 3.63) is 54.3 Å². The summed E-state index contributed by atoms with van der Waals surface area (Å²) in [6, 6.07) is 14.0. The van der Waals surface area contributed by atoms with Crippen LogP contribution in [0.4, 0.5) is 10.1 Å². The molecular formula is C15H16FNO2. The Morgan fingerprint density at radius 3 is 2.42 bits per heavy atom. The van der Waals surface area contributed by atoms with Crippen LogP contribution in [-0.4, -0.2) is 20.3 Å². The van der Waals surface area contributed by atoms with Crippen molar-refractivity contribution in [2.45, 2.75) is 0 Å². The van der Waals surface area contributed by atoms with Crippen molar-refractivity contribution in [1.82, 2.24) is 0 Å². The highest BCUT2D eigenvalue weighted by Gasteiger charge is 2.02. The summed E-state index contributed by atoms with van der Waals surface area (Å²) >= 11 is 0. The van der Waals surface area contributed by atoms with Crippen LogP contribution in [-0.2, 0) is 0 Å². The van der Waals surface area contributed by atoms with Crippen molar-refractivity contribution in [3.63, 3.8) is 0 Å². The van der Waals surface area contributed by atoms with Gasteiger partial charge in [0, 0.05) is 6.54 Å². The Kier molecular flexibility index (Phi) is 4.61. The Labute approximate surface area is 112 Å². The summed E-state index contributed by atoms with van der Waals surface area (Å²) < 4.78 is 24.1. The fraction of sp³-hybridized carbons (Fsp3) is 0.200. The highest BCUT2D eigenvalue weighted by atomic mass is 19.1. The summed E-state index contributed by atoms with van der Waals surface area (Å²) in [5.41, 5.74) is 0.478. The summed E-state index contributed by atoms with van der Waals surface area (Å²) in [6.45, 7) is 0.938. The van der Waals surface area contributed by atoms with Crippen LogP contribution in [0.1, 0.15) is 0 Å². The van der Waals surface area contributed by atoms with E-state index in [1.807, 2.05) is 24.3 Å². The molecule has 2 aromatic carbocycles. The number of hydrogen-bond donors (Lipinski definition) is 1. The summed E-state index contributed by atoms with van der Waals surface area (Å²) in [5, 5.41) is 2.98. The Hall–Kier alpha value is -2.23. The van der Waals surface area contributed by atoms with Gasteiger partial charge in [0.15, 0.2) is 11.5 Å². The van der Waals surface area contributed by atoms with Crippen molar-refractivity contribution in [3.8, 4) is 11.5 Å². The van der Waals surface area contributed by atoms with Gasteiger partial charge in [-0.15, -0.1) is 0 Å². The van der Waals surface area contributed by atoms with Crippen molar-refractivity contribution in [2.24, 2.45) is 0 Å². The van der Waals surface area contributed by atoms with Gasteiger partial charge in [-0.3, -0.25) is 0 Å². The number of rotatable bonds is 6. The summed E-state index contributed by atoms with van der Waals surface area (Å²) in [5.74, 6) is 1.11. The fourth-order valence-corrected chi connectivity index (χ4v) is 1.69. The molecular weight excluding hydrogens is 245 g/mol. The Bertz CT molecular complexity index is 531. The van der Waals surface area contributed by atoms with E-state index < -0.39 is 0 Å². The molecule has 3 nitrogen and oxygen atoms in total. The second-order valence-corrected chi connectivity index (χ2v) is 3.91. The van der Waals surface area contributed by atoms with Gasteiger partial charge in [-0.2, -0.15) is 0 Å². The summed E-state index contributed by atoms with van der Waals surface area (Å²) in [4.78, 5) is 0. The van der Waals surface area contributed by atoms with E-state index in [-0.39, 0.29) is 5.82 Å². The van der Waals surface area contributed by atoms with Crippen LogP contribution in [0, 0.1) is 5.82 Å². The second kappa shape index (κ2) is 6.64. The quantitative estimate of drug-likeness (QED) is 0.809. The first kappa shape index (κ1) is 13.2. The van der Waals surface area contributed by atoms with Crippen LogP contribution >= 0.6 is 0 Å². The number of benzene rings is 2. The smallest absolute Gasteiger partial charge is 0.161 e. The van der Waals surface area contributed by atoms with Gasteiger partial charge in [0.05, 0.1) is 12.8 Å². The fourth-order valence-electron chi connectivity index (χ4n) is 1.69. The molecule has 1 N–H and O–H groups in total. The van der Waals surface area contributed by atoms with E-state index in [9.17, 15) is 4.39 Å². The topological polar surface area (TPSA) is 30.5 Å². The maximum Gasteiger partial charge on any atom is 0.161 e. The molecule has 0 bridgehead atoms. The maximum absolute atomic E-state index is 13.3. The number of hydrogen-bond acceptors (Lipinski definition) is 3. The average molecular weight is 261 g/mol. The van der Waals surface area contributed by atoms with Gasteiger partial charge in [0.1, 0.15) is 12.4 Å². The SMILES string of the molecule is COc1ccccc1OCCNc1ccccc1F. The largest absolute Gasteiger partial charge is 0.493 e. The lowest BCUT2D eigenvalue weighted by molar-refractivity contribution is 0.305. The van der Waals surface area contributed by atoms with Gasteiger partial charge in [-0.05, 0) is 24.3 Å². The third-order valence-corrected chi connectivity index (χ3v) is 2.62. The Balaban J connectivity index is 1.83. The highest BCUT2D eigenvalue weighted by molar-refractivity contribution is 5.44. The number of para-hydroxylation sites is 3. The number of ether oxygens (including phenoxy) is 2. The first-order chi connectivity index (χ1) is 9.31. The van der Waals surface area contributed by atoms with Gasteiger partial charge in [0.25, 0.3) is 0 Å². The standard InChI is InChI=1S/C15H16FNO2/c1-18-14-8-4-5-9-15(14)19-11-10-17-13-7-3-2-6-12(13)16/h2-9,17H,10-11H2,1H3. The Morgan fingerprint density at radius 2 is 1.68 bits per heavy atom. The zero-order valence-corrected chi connectivity index (χ0v) is 10.7.